The van der Waals surface area contributed by atoms with Crippen LogP contribution in [0.2, 0.25) is 5.02 Å². The van der Waals surface area contributed by atoms with E-state index in [1.54, 1.807) is 7.11 Å². The summed E-state index contributed by atoms with van der Waals surface area (Å²) < 4.78 is 5.36. The van der Waals surface area contributed by atoms with Gasteiger partial charge in [-0.3, -0.25) is 0 Å². The van der Waals surface area contributed by atoms with E-state index in [-0.39, 0.29) is 0 Å². The molecule has 1 aliphatic heterocycles. The van der Waals surface area contributed by atoms with Crippen molar-refractivity contribution in [2.75, 3.05) is 24.7 Å². The lowest BCUT2D eigenvalue weighted by molar-refractivity contribution is 0.416. The fourth-order valence-corrected chi connectivity index (χ4v) is 3.88. The molecule has 2 aromatic rings. The normalized spacial score (nSPS) is 16.8. The van der Waals surface area contributed by atoms with E-state index in [2.05, 4.69) is 29.6 Å². The van der Waals surface area contributed by atoms with E-state index in [4.69, 9.17) is 16.3 Å². The van der Waals surface area contributed by atoms with Crippen LogP contribution in [0.1, 0.15) is 11.5 Å². The predicted molar refractivity (Wildman–Crippen MR) is 86.4 cm³/mol. The molecule has 3 rings (SSSR count). The number of ether oxygens (including phenoxy) is 1. The van der Waals surface area contributed by atoms with Gasteiger partial charge in [-0.1, -0.05) is 29.8 Å². The first-order chi connectivity index (χ1) is 9.78. The van der Waals surface area contributed by atoms with Crippen LogP contribution in [-0.4, -0.2) is 19.4 Å². The Kier molecular flexibility index (Phi) is 4.08. The zero-order valence-electron chi connectivity index (χ0n) is 11.2. The highest BCUT2D eigenvalue weighted by atomic mass is 35.5. The molecular weight excluding hydrogens is 290 g/mol. The zero-order chi connectivity index (χ0) is 13.9. The first-order valence-electron chi connectivity index (χ1n) is 6.57. The number of thioether (sulfide) groups is 1. The van der Waals surface area contributed by atoms with Gasteiger partial charge in [-0.25, -0.2) is 0 Å². The molecule has 0 bridgehead atoms. The van der Waals surface area contributed by atoms with Gasteiger partial charge < -0.3 is 10.1 Å². The number of benzene rings is 2. The molecule has 20 heavy (non-hydrogen) atoms. The number of hydrogen-bond acceptors (Lipinski definition) is 3. The van der Waals surface area contributed by atoms with Crippen LogP contribution in [0, 0.1) is 0 Å². The van der Waals surface area contributed by atoms with E-state index in [1.165, 1.54) is 10.5 Å². The predicted octanol–water partition coefficient (Wildman–Crippen LogP) is 4.65. The van der Waals surface area contributed by atoms with Gasteiger partial charge in [0.1, 0.15) is 5.75 Å². The summed E-state index contributed by atoms with van der Waals surface area (Å²) in [7, 11) is 1.68. The molecule has 1 N–H and O–H groups in total. The SMILES string of the molecule is COc1ccc(Cl)cc1NCC1CSc2ccccc21. The Balaban J connectivity index is 1.73. The monoisotopic (exact) mass is 305 g/mol. The lowest BCUT2D eigenvalue weighted by Gasteiger charge is -2.15. The Morgan fingerprint density at radius 2 is 2.15 bits per heavy atom. The Morgan fingerprint density at radius 3 is 3.00 bits per heavy atom. The average Bonchev–Trinajstić information content (AvgIpc) is 2.88. The van der Waals surface area contributed by atoms with Crippen molar-refractivity contribution in [1.82, 2.24) is 0 Å². The third kappa shape index (κ3) is 2.74. The number of halogens is 1. The Labute approximate surface area is 128 Å². The minimum atomic E-state index is 0.528. The molecule has 0 fully saturated rings. The number of hydrogen-bond donors (Lipinski definition) is 1. The molecule has 0 saturated heterocycles. The van der Waals surface area contributed by atoms with Crippen molar-refractivity contribution >= 4 is 29.1 Å². The molecule has 0 saturated carbocycles. The molecular formula is C16H16ClNOS. The van der Waals surface area contributed by atoms with Crippen LogP contribution < -0.4 is 10.1 Å². The van der Waals surface area contributed by atoms with Crippen LogP contribution >= 0.6 is 23.4 Å². The summed E-state index contributed by atoms with van der Waals surface area (Å²) in [5.41, 5.74) is 2.39. The molecule has 0 amide bonds. The van der Waals surface area contributed by atoms with Crippen LogP contribution in [0.5, 0.6) is 5.75 Å². The molecule has 0 spiro atoms. The van der Waals surface area contributed by atoms with Crippen LogP contribution in [-0.2, 0) is 0 Å². The molecule has 0 aromatic heterocycles. The van der Waals surface area contributed by atoms with Gasteiger partial charge >= 0.3 is 0 Å². The lowest BCUT2D eigenvalue weighted by atomic mass is 10.0. The molecule has 2 aromatic carbocycles. The summed E-state index contributed by atoms with van der Waals surface area (Å²) in [4.78, 5) is 1.40. The first-order valence-corrected chi connectivity index (χ1v) is 7.93. The van der Waals surface area contributed by atoms with Crippen molar-refractivity contribution in [3.8, 4) is 5.75 Å². The summed E-state index contributed by atoms with van der Waals surface area (Å²) in [5, 5.41) is 4.18. The molecule has 1 atom stereocenters. The van der Waals surface area contributed by atoms with Crippen LogP contribution in [0.15, 0.2) is 47.4 Å². The lowest BCUT2D eigenvalue weighted by Crippen LogP contribution is -2.12. The van der Waals surface area contributed by atoms with Crippen LogP contribution in [0.4, 0.5) is 5.69 Å². The smallest absolute Gasteiger partial charge is 0.142 e. The van der Waals surface area contributed by atoms with Crippen molar-refractivity contribution in [2.24, 2.45) is 0 Å². The van der Waals surface area contributed by atoms with Crippen molar-refractivity contribution in [3.63, 3.8) is 0 Å². The minimum Gasteiger partial charge on any atom is -0.495 e. The third-order valence-electron chi connectivity index (χ3n) is 3.50. The van der Waals surface area contributed by atoms with Gasteiger partial charge in [0.2, 0.25) is 0 Å². The van der Waals surface area contributed by atoms with E-state index in [9.17, 15) is 0 Å². The van der Waals surface area contributed by atoms with Gasteiger partial charge in [-0.2, -0.15) is 0 Å². The van der Waals surface area contributed by atoms with Gasteiger partial charge in [0.15, 0.2) is 0 Å². The molecule has 0 aliphatic carbocycles. The van der Waals surface area contributed by atoms with Gasteiger partial charge in [0.05, 0.1) is 12.8 Å². The second-order valence-corrected chi connectivity index (χ2v) is 6.27. The topological polar surface area (TPSA) is 21.3 Å². The number of fused-ring (bicyclic) bond motifs is 1. The van der Waals surface area contributed by atoms with Crippen molar-refractivity contribution in [1.29, 1.82) is 0 Å². The van der Waals surface area contributed by atoms with E-state index in [0.717, 1.165) is 28.8 Å². The van der Waals surface area contributed by atoms with Crippen LogP contribution in [0.3, 0.4) is 0 Å². The Hall–Kier alpha value is -1.32. The maximum absolute atomic E-state index is 6.05. The Bertz CT molecular complexity index is 617. The molecule has 4 heteroatoms. The maximum Gasteiger partial charge on any atom is 0.142 e. The minimum absolute atomic E-state index is 0.528. The second kappa shape index (κ2) is 5.98. The quantitative estimate of drug-likeness (QED) is 0.888. The highest BCUT2D eigenvalue weighted by Crippen LogP contribution is 2.39. The summed E-state index contributed by atoms with van der Waals surface area (Å²) in [6, 6.07) is 14.3. The van der Waals surface area contributed by atoms with E-state index in [1.807, 2.05) is 30.0 Å². The second-order valence-electron chi connectivity index (χ2n) is 4.77. The van der Waals surface area contributed by atoms with E-state index < -0.39 is 0 Å². The van der Waals surface area contributed by atoms with Crippen molar-refractivity contribution in [2.45, 2.75) is 10.8 Å². The molecule has 1 unspecified atom stereocenters. The van der Waals surface area contributed by atoms with E-state index >= 15 is 0 Å². The summed E-state index contributed by atoms with van der Waals surface area (Å²) >= 11 is 7.98. The average molecular weight is 306 g/mol. The number of methoxy groups -OCH3 is 1. The maximum atomic E-state index is 6.05. The highest BCUT2D eigenvalue weighted by molar-refractivity contribution is 7.99. The molecule has 1 heterocycles. The number of rotatable bonds is 4. The first kappa shape index (κ1) is 13.7. The molecule has 104 valence electrons. The summed E-state index contributed by atoms with van der Waals surface area (Å²) in [6.45, 7) is 0.890. The van der Waals surface area contributed by atoms with Gasteiger partial charge in [0.25, 0.3) is 0 Å². The number of anilines is 1. The molecule has 0 radical (unpaired) electrons. The standard InChI is InChI=1S/C16H16ClNOS/c1-19-15-7-6-12(17)8-14(15)18-9-11-10-20-16-5-3-2-4-13(11)16/h2-8,11,18H,9-10H2,1H3. The largest absolute Gasteiger partial charge is 0.495 e. The van der Waals surface area contributed by atoms with Crippen molar-refractivity contribution in [3.05, 3.63) is 53.1 Å². The van der Waals surface area contributed by atoms with Crippen molar-refractivity contribution < 1.29 is 4.74 Å². The highest BCUT2D eigenvalue weighted by Gasteiger charge is 2.22. The zero-order valence-corrected chi connectivity index (χ0v) is 12.8. The Morgan fingerprint density at radius 1 is 1.30 bits per heavy atom. The fraction of sp³-hybridized carbons (Fsp3) is 0.250. The van der Waals surface area contributed by atoms with Gasteiger partial charge in [0, 0.05) is 28.1 Å². The fourth-order valence-electron chi connectivity index (χ4n) is 2.45. The van der Waals surface area contributed by atoms with Gasteiger partial charge in [-0.05, 0) is 29.8 Å². The molecule has 1 aliphatic rings. The number of nitrogens with one attached hydrogen (secondary N) is 1. The van der Waals surface area contributed by atoms with Crippen LogP contribution in [0.25, 0.3) is 0 Å². The third-order valence-corrected chi connectivity index (χ3v) is 4.99. The molecule has 2 nitrogen and oxygen atoms in total. The summed E-state index contributed by atoms with van der Waals surface area (Å²) in [5.74, 6) is 2.48. The summed E-state index contributed by atoms with van der Waals surface area (Å²) in [6.07, 6.45) is 0. The van der Waals surface area contributed by atoms with Gasteiger partial charge in [-0.15, -0.1) is 11.8 Å². The van der Waals surface area contributed by atoms with E-state index in [0.29, 0.717) is 5.92 Å².